The van der Waals surface area contributed by atoms with Crippen LogP contribution in [0.3, 0.4) is 0 Å². The van der Waals surface area contributed by atoms with Gasteiger partial charge in [-0.15, -0.1) is 0 Å². The van der Waals surface area contributed by atoms with E-state index in [1.807, 2.05) is 4.90 Å². The van der Waals surface area contributed by atoms with E-state index >= 15 is 0 Å². The third-order valence-corrected chi connectivity index (χ3v) is 5.60. The Bertz CT molecular complexity index is 652. The van der Waals surface area contributed by atoms with Crippen molar-refractivity contribution < 1.29 is 18.0 Å². The van der Waals surface area contributed by atoms with Crippen molar-refractivity contribution >= 4 is 23.3 Å². The molecule has 0 radical (unpaired) electrons. The first-order chi connectivity index (χ1) is 12.3. The largest absolute Gasteiger partial charge is 0.417 e. The molecule has 1 aromatic heterocycles. The van der Waals surface area contributed by atoms with Gasteiger partial charge in [-0.05, 0) is 37.3 Å². The molecular weight excluding hydrogens is 369 g/mol. The average Bonchev–Trinajstić information content (AvgIpc) is 3.04. The van der Waals surface area contributed by atoms with Crippen molar-refractivity contribution in [1.29, 1.82) is 0 Å². The third kappa shape index (κ3) is 4.40. The highest BCUT2D eigenvalue weighted by Crippen LogP contribution is 2.37. The van der Waals surface area contributed by atoms with Crippen LogP contribution in [-0.4, -0.2) is 48.5 Å². The van der Waals surface area contributed by atoms with E-state index in [0.29, 0.717) is 5.41 Å². The number of rotatable bonds is 4. The number of hydrogen-bond acceptors (Lipinski definition) is 4. The minimum atomic E-state index is -4.48. The summed E-state index contributed by atoms with van der Waals surface area (Å²) in [5.74, 6) is 0.198. The zero-order valence-electron chi connectivity index (χ0n) is 14.3. The zero-order chi connectivity index (χ0) is 18.8. The molecule has 2 fully saturated rings. The van der Waals surface area contributed by atoms with Crippen LogP contribution in [0, 0.1) is 5.41 Å². The minimum Gasteiger partial charge on any atom is -0.368 e. The van der Waals surface area contributed by atoms with Crippen molar-refractivity contribution in [3.05, 3.63) is 22.8 Å². The van der Waals surface area contributed by atoms with Crippen molar-refractivity contribution in [3.8, 4) is 0 Å². The Morgan fingerprint density at radius 2 is 2.08 bits per heavy atom. The standard InChI is InChI=1S/C17H22ClF3N4O/c18-13-9-12(17(19,20)21)10-24-15(13)23-5-1-14(26)25-7-3-16(4-8-25)2-6-22-11-16/h9-10,22H,1-8,11H2,(H,23,24). The number of nitrogens with one attached hydrogen (secondary N) is 2. The van der Waals surface area contributed by atoms with Crippen LogP contribution >= 0.6 is 11.6 Å². The number of halogens is 4. The van der Waals surface area contributed by atoms with E-state index in [-0.39, 0.29) is 29.7 Å². The van der Waals surface area contributed by atoms with Crippen LogP contribution in [0.15, 0.2) is 12.3 Å². The van der Waals surface area contributed by atoms with Gasteiger partial charge in [0.05, 0.1) is 10.6 Å². The molecule has 5 nitrogen and oxygen atoms in total. The Hall–Kier alpha value is -1.54. The number of amides is 1. The number of piperidine rings is 1. The van der Waals surface area contributed by atoms with Crippen molar-refractivity contribution in [2.45, 2.75) is 31.9 Å². The van der Waals surface area contributed by atoms with Gasteiger partial charge in [0.25, 0.3) is 0 Å². The van der Waals surface area contributed by atoms with Crippen molar-refractivity contribution in [1.82, 2.24) is 15.2 Å². The van der Waals surface area contributed by atoms with E-state index in [1.165, 1.54) is 6.42 Å². The number of likely N-dealkylation sites (tertiary alicyclic amines) is 1. The van der Waals surface area contributed by atoms with Crippen molar-refractivity contribution in [3.63, 3.8) is 0 Å². The molecule has 0 saturated carbocycles. The van der Waals surface area contributed by atoms with Crippen LogP contribution in [0.25, 0.3) is 0 Å². The molecule has 9 heteroatoms. The molecule has 0 aromatic carbocycles. The topological polar surface area (TPSA) is 57.3 Å². The Morgan fingerprint density at radius 1 is 1.35 bits per heavy atom. The Kier molecular flexibility index (Phi) is 5.62. The molecular formula is C17H22ClF3N4O. The highest BCUT2D eigenvalue weighted by atomic mass is 35.5. The van der Waals surface area contributed by atoms with E-state index < -0.39 is 11.7 Å². The van der Waals surface area contributed by atoms with Gasteiger partial charge in [-0.25, -0.2) is 4.98 Å². The number of aromatic nitrogens is 1. The van der Waals surface area contributed by atoms with Crippen LogP contribution in [0.4, 0.5) is 19.0 Å². The molecule has 0 bridgehead atoms. The summed E-state index contributed by atoms with van der Waals surface area (Å²) in [6, 6.07) is 0.832. The minimum absolute atomic E-state index is 0.0429. The Labute approximate surface area is 155 Å². The van der Waals surface area contributed by atoms with Crippen LogP contribution in [0.1, 0.15) is 31.2 Å². The van der Waals surface area contributed by atoms with E-state index in [9.17, 15) is 18.0 Å². The summed E-state index contributed by atoms with van der Waals surface area (Å²) in [6.45, 7) is 3.90. The molecule has 1 aromatic rings. The number of hydrogen-bond donors (Lipinski definition) is 2. The van der Waals surface area contributed by atoms with Crippen LogP contribution in [-0.2, 0) is 11.0 Å². The monoisotopic (exact) mass is 390 g/mol. The lowest BCUT2D eigenvalue weighted by atomic mass is 9.78. The summed E-state index contributed by atoms with van der Waals surface area (Å²) in [7, 11) is 0. The number of pyridine rings is 1. The molecule has 2 saturated heterocycles. The summed E-state index contributed by atoms with van der Waals surface area (Å²) >= 11 is 5.84. The molecule has 2 aliphatic rings. The van der Waals surface area contributed by atoms with E-state index in [4.69, 9.17) is 11.6 Å². The second kappa shape index (κ2) is 7.60. The smallest absolute Gasteiger partial charge is 0.368 e. The maximum absolute atomic E-state index is 12.6. The molecule has 0 unspecified atom stereocenters. The second-order valence-corrected chi connectivity index (χ2v) is 7.44. The van der Waals surface area contributed by atoms with Gasteiger partial charge in [-0.2, -0.15) is 13.2 Å². The Balaban J connectivity index is 1.45. The predicted molar refractivity (Wildman–Crippen MR) is 93.1 cm³/mol. The van der Waals surface area contributed by atoms with E-state index in [1.54, 1.807) is 0 Å². The molecule has 3 rings (SSSR count). The third-order valence-electron chi connectivity index (χ3n) is 5.31. The van der Waals surface area contributed by atoms with Crippen LogP contribution in [0.5, 0.6) is 0 Å². The lowest BCUT2D eigenvalue weighted by molar-refractivity contribution is -0.137. The maximum Gasteiger partial charge on any atom is 0.417 e. The summed E-state index contributed by atoms with van der Waals surface area (Å²) in [4.78, 5) is 17.9. The summed E-state index contributed by atoms with van der Waals surface area (Å²) in [5.41, 5.74) is -0.542. The predicted octanol–water partition coefficient (Wildman–Crippen LogP) is 3.16. The fraction of sp³-hybridized carbons (Fsp3) is 0.647. The van der Waals surface area contributed by atoms with Crippen molar-refractivity contribution in [2.75, 3.05) is 38.0 Å². The zero-order valence-corrected chi connectivity index (χ0v) is 15.1. The Morgan fingerprint density at radius 3 is 2.65 bits per heavy atom. The second-order valence-electron chi connectivity index (χ2n) is 7.04. The van der Waals surface area contributed by atoms with Crippen molar-refractivity contribution in [2.24, 2.45) is 5.41 Å². The fourth-order valence-electron chi connectivity index (χ4n) is 3.62. The van der Waals surface area contributed by atoms with Gasteiger partial charge in [-0.1, -0.05) is 11.6 Å². The normalized spacial score (nSPS) is 19.8. The van der Waals surface area contributed by atoms with Gasteiger partial charge in [0.15, 0.2) is 0 Å². The van der Waals surface area contributed by atoms with Crippen LogP contribution < -0.4 is 10.6 Å². The molecule has 0 aliphatic carbocycles. The van der Waals surface area contributed by atoms with Crippen LogP contribution in [0.2, 0.25) is 5.02 Å². The number of carbonyl (C=O) groups is 1. The van der Waals surface area contributed by atoms with E-state index in [2.05, 4.69) is 15.6 Å². The molecule has 0 atom stereocenters. The van der Waals surface area contributed by atoms with Gasteiger partial charge < -0.3 is 15.5 Å². The molecule has 3 heterocycles. The van der Waals surface area contributed by atoms with Gasteiger partial charge >= 0.3 is 6.18 Å². The quantitative estimate of drug-likeness (QED) is 0.829. The SMILES string of the molecule is O=C(CCNc1ncc(C(F)(F)F)cc1Cl)N1CCC2(CCNC2)CC1. The van der Waals surface area contributed by atoms with Gasteiger partial charge in [-0.3, -0.25) is 4.79 Å². The number of nitrogens with zero attached hydrogens (tertiary/aromatic N) is 2. The first kappa shape index (κ1) is 19.2. The first-order valence-electron chi connectivity index (χ1n) is 8.74. The molecule has 1 spiro atoms. The number of carbonyl (C=O) groups excluding carboxylic acids is 1. The first-order valence-corrected chi connectivity index (χ1v) is 9.12. The van der Waals surface area contributed by atoms with Gasteiger partial charge in [0.1, 0.15) is 5.82 Å². The number of alkyl halides is 3. The molecule has 2 aliphatic heterocycles. The highest BCUT2D eigenvalue weighted by Gasteiger charge is 2.37. The fourth-order valence-corrected chi connectivity index (χ4v) is 3.85. The van der Waals surface area contributed by atoms with Gasteiger partial charge in [0.2, 0.25) is 5.91 Å². The lowest BCUT2D eigenvalue weighted by Gasteiger charge is -2.39. The summed E-state index contributed by atoms with van der Waals surface area (Å²) in [6.07, 6.45) is -0.281. The molecule has 144 valence electrons. The van der Waals surface area contributed by atoms with Gasteiger partial charge in [0, 0.05) is 38.8 Å². The maximum atomic E-state index is 12.6. The number of anilines is 1. The molecule has 1 amide bonds. The summed E-state index contributed by atoms with van der Waals surface area (Å²) < 4.78 is 37.8. The highest BCUT2D eigenvalue weighted by molar-refractivity contribution is 6.32. The molecule has 2 N–H and O–H groups in total. The van der Waals surface area contributed by atoms with E-state index in [0.717, 1.165) is 51.3 Å². The summed E-state index contributed by atoms with van der Waals surface area (Å²) in [5, 5.41) is 6.13. The average molecular weight is 391 g/mol. The lowest BCUT2D eigenvalue weighted by Crippen LogP contribution is -2.44. The molecule has 26 heavy (non-hydrogen) atoms.